The highest BCUT2D eigenvalue weighted by Gasteiger charge is 2.32. The monoisotopic (exact) mass is 279 g/mol. The molecule has 1 aromatic heterocycles. The fourth-order valence-corrected chi connectivity index (χ4v) is 2.40. The highest BCUT2D eigenvalue weighted by Crippen LogP contribution is 2.19. The molecule has 0 bridgehead atoms. The van der Waals surface area contributed by atoms with Crippen LogP contribution in [0.3, 0.4) is 0 Å². The van der Waals surface area contributed by atoms with E-state index < -0.39 is 0 Å². The number of hydrogen-bond acceptors (Lipinski definition) is 4. The molecule has 6 nitrogen and oxygen atoms in total. The number of nitrogens with zero attached hydrogens (tertiary/aromatic N) is 2. The minimum absolute atomic E-state index is 0.0104. The number of nitrogens with one attached hydrogen (secondary N) is 1. The second kappa shape index (κ2) is 6.09. The van der Waals surface area contributed by atoms with Crippen LogP contribution in [0.5, 0.6) is 0 Å². The Morgan fingerprint density at radius 3 is 2.85 bits per heavy atom. The van der Waals surface area contributed by atoms with Gasteiger partial charge in [-0.1, -0.05) is 0 Å². The molecule has 1 saturated heterocycles. The van der Waals surface area contributed by atoms with Crippen LogP contribution in [0.4, 0.5) is 0 Å². The fraction of sp³-hybridized carbons (Fsp3) is 0.571. The molecule has 20 heavy (non-hydrogen) atoms. The summed E-state index contributed by atoms with van der Waals surface area (Å²) in [7, 11) is 5.60. The first kappa shape index (κ1) is 14.6. The third kappa shape index (κ3) is 3.19. The van der Waals surface area contributed by atoms with Gasteiger partial charge in [0.15, 0.2) is 0 Å². The normalized spacial score (nSPS) is 20.5. The van der Waals surface area contributed by atoms with E-state index in [1.807, 2.05) is 31.1 Å². The lowest BCUT2D eigenvalue weighted by Crippen LogP contribution is -2.38. The maximum absolute atomic E-state index is 12.1. The molecule has 0 spiro atoms. The van der Waals surface area contributed by atoms with Crippen LogP contribution in [-0.2, 0) is 9.59 Å². The Labute approximate surface area is 118 Å². The Balaban J connectivity index is 1.90. The Hall–Kier alpha value is -1.82. The summed E-state index contributed by atoms with van der Waals surface area (Å²) in [6.07, 6.45) is 1.92. The first-order chi connectivity index (χ1) is 9.49. The van der Waals surface area contributed by atoms with E-state index in [-0.39, 0.29) is 23.8 Å². The van der Waals surface area contributed by atoms with Gasteiger partial charge in [-0.2, -0.15) is 0 Å². The number of likely N-dealkylation sites (N-methyl/N-ethyl adjacent to an activating group) is 1. The Morgan fingerprint density at radius 1 is 1.60 bits per heavy atom. The van der Waals surface area contributed by atoms with Gasteiger partial charge in [-0.05, 0) is 26.2 Å². The molecule has 1 aliphatic rings. The molecule has 1 N–H and O–H groups in total. The van der Waals surface area contributed by atoms with Gasteiger partial charge in [-0.15, -0.1) is 0 Å². The number of hydrogen-bond donors (Lipinski definition) is 1. The summed E-state index contributed by atoms with van der Waals surface area (Å²) in [5.74, 6) is 0.531. The van der Waals surface area contributed by atoms with E-state index in [4.69, 9.17) is 4.42 Å². The number of carbonyl (C=O) groups is 2. The second-order valence-electron chi connectivity index (χ2n) is 5.42. The van der Waals surface area contributed by atoms with Crippen molar-refractivity contribution >= 4 is 11.8 Å². The van der Waals surface area contributed by atoms with E-state index in [0.29, 0.717) is 19.5 Å². The quantitative estimate of drug-likeness (QED) is 0.851. The molecule has 2 atom stereocenters. The minimum atomic E-state index is -0.244. The molecule has 110 valence electrons. The van der Waals surface area contributed by atoms with Crippen molar-refractivity contribution in [3.05, 3.63) is 24.2 Å². The zero-order valence-corrected chi connectivity index (χ0v) is 12.1. The lowest BCUT2D eigenvalue weighted by Gasteiger charge is -2.23. The first-order valence-electron chi connectivity index (χ1n) is 6.70. The molecule has 2 rings (SSSR count). The zero-order chi connectivity index (χ0) is 14.7. The van der Waals surface area contributed by atoms with Crippen LogP contribution < -0.4 is 5.32 Å². The Kier molecular flexibility index (Phi) is 4.44. The van der Waals surface area contributed by atoms with Crippen molar-refractivity contribution in [2.45, 2.75) is 12.5 Å². The lowest BCUT2D eigenvalue weighted by molar-refractivity contribution is -0.128. The molecule has 2 heterocycles. The van der Waals surface area contributed by atoms with Crippen LogP contribution in [0.25, 0.3) is 0 Å². The largest absolute Gasteiger partial charge is 0.468 e. The van der Waals surface area contributed by atoms with Crippen molar-refractivity contribution in [1.29, 1.82) is 0 Å². The van der Waals surface area contributed by atoms with Gasteiger partial charge >= 0.3 is 0 Å². The van der Waals surface area contributed by atoms with Crippen LogP contribution >= 0.6 is 0 Å². The topological polar surface area (TPSA) is 65.8 Å². The summed E-state index contributed by atoms with van der Waals surface area (Å²) in [5, 5.41) is 2.92. The number of carbonyl (C=O) groups excluding carboxylic acids is 2. The molecule has 2 amide bonds. The molecule has 2 unspecified atom stereocenters. The van der Waals surface area contributed by atoms with Gasteiger partial charge in [-0.25, -0.2) is 0 Å². The van der Waals surface area contributed by atoms with Gasteiger partial charge in [0.25, 0.3) is 0 Å². The van der Waals surface area contributed by atoms with Gasteiger partial charge in [0.1, 0.15) is 5.76 Å². The van der Waals surface area contributed by atoms with Gasteiger partial charge < -0.3 is 14.6 Å². The zero-order valence-electron chi connectivity index (χ0n) is 12.1. The molecule has 0 aliphatic carbocycles. The third-order valence-corrected chi connectivity index (χ3v) is 3.68. The van der Waals surface area contributed by atoms with Crippen molar-refractivity contribution in [3.8, 4) is 0 Å². The number of furan rings is 1. The van der Waals surface area contributed by atoms with Crippen LogP contribution in [0, 0.1) is 5.92 Å². The Morgan fingerprint density at radius 2 is 2.35 bits per heavy atom. The van der Waals surface area contributed by atoms with E-state index in [2.05, 4.69) is 5.32 Å². The van der Waals surface area contributed by atoms with Crippen molar-refractivity contribution in [3.63, 3.8) is 0 Å². The van der Waals surface area contributed by atoms with Crippen molar-refractivity contribution < 1.29 is 14.0 Å². The summed E-state index contributed by atoms with van der Waals surface area (Å²) >= 11 is 0. The minimum Gasteiger partial charge on any atom is -0.468 e. The molecule has 0 saturated carbocycles. The van der Waals surface area contributed by atoms with E-state index in [1.54, 1.807) is 18.2 Å². The van der Waals surface area contributed by atoms with E-state index in [9.17, 15) is 9.59 Å². The van der Waals surface area contributed by atoms with Gasteiger partial charge in [0, 0.05) is 26.6 Å². The molecule has 0 aromatic carbocycles. The predicted molar refractivity (Wildman–Crippen MR) is 73.9 cm³/mol. The summed E-state index contributed by atoms with van der Waals surface area (Å²) in [6.45, 7) is 0.964. The summed E-state index contributed by atoms with van der Waals surface area (Å²) in [6, 6.07) is 3.71. The molecule has 1 fully saturated rings. The fourth-order valence-electron chi connectivity index (χ4n) is 2.40. The summed E-state index contributed by atoms with van der Waals surface area (Å²) < 4.78 is 5.39. The number of rotatable bonds is 5. The highest BCUT2D eigenvalue weighted by atomic mass is 16.3. The lowest BCUT2D eigenvalue weighted by atomic mass is 10.1. The maximum atomic E-state index is 12.1. The van der Waals surface area contributed by atoms with E-state index >= 15 is 0 Å². The van der Waals surface area contributed by atoms with Crippen molar-refractivity contribution in [1.82, 2.24) is 15.1 Å². The van der Waals surface area contributed by atoms with Gasteiger partial charge in [-0.3, -0.25) is 14.5 Å². The van der Waals surface area contributed by atoms with Crippen LogP contribution in [0.1, 0.15) is 18.2 Å². The maximum Gasteiger partial charge on any atom is 0.225 e. The predicted octanol–water partition coefficient (Wildman–Crippen LogP) is 0.477. The molecule has 1 aliphatic heterocycles. The number of likely N-dealkylation sites (tertiary alicyclic amines) is 1. The van der Waals surface area contributed by atoms with Crippen molar-refractivity contribution in [2.24, 2.45) is 5.92 Å². The Bertz CT molecular complexity index is 470. The van der Waals surface area contributed by atoms with E-state index in [0.717, 1.165) is 5.76 Å². The molecule has 6 heteroatoms. The van der Waals surface area contributed by atoms with Crippen LogP contribution in [0.2, 0.25) is 0 Å². The standard InChI is InChI=1S/C14H21N3O3/c1-16(2)11(12-5-4-6-20-12)8-15-14(19)10-7-13(18)17(3)9-10/h4-6,10-11H,7-9H2,1-3H3,(H,15,19). The average molecular weight is 279 g/mol. The molecule has 0 radical (unpaired) electrons. The summed E-state index contributed by atoms with van der Waals surface area (Å²) in [4.78, 5) is 27.1. The molecular formula is C14H21N3O3. The third-order valence-electron chi connectivity index (χ3n) is 3.68. The smallest absolute Gasteiger partial charge is 0.225 e. The second-order valence-corrected chi connectivity index (χ2v) is 5.42. The van der Waals surface area contributed by atoms with Gasteiger partial charge in [0.05, 0.1) is 18.2 Å². The molecule has 1 aromatic rings. The molecular weight excluding hydrogens is 258 g/mol. The first-order valence-corrected chi connectivity index (χ1v) is 6.70. The van der Waals surface area contributed by atoms with Crippen LogP contribution in [0.15, 0.2) is 22.8 Å². The van der Waals surface area contributed by atoms with Gasteiger partial charge in [0.2, 0.25) is 11.8 Å². The SMILES string of the molecule is CN1CC(C(=O)NCC(c2ccco2)N(C)C)CC1=O. The highest BCUT2D eigenvalue weighted by molar-refractivity contribution is 5.89. The van der Waals surface area contributed by atoms with E-state index in [1.165, 1.54) is 0 Å². The van der Waals surface area contributed by atoms with Crippen molar-refractivity contribution in [2.75, 3.05) is 34.2 Å². The van der Waals surface area contributed by atoms with Crippen LogP contribution in [-0.4, -0.2) is 55.8 Å². The summed E-state index contributed by atoms with van der Waals surface area (Å²) in [5.41, 5.74) is 0. The number of amides is 2. The average Bonchev–Trinajstić information content (AvgIpc) is 3.00.